The second-order valence-corrected chi connectivity index (χ2v) is 10.0. The van der Waals surface area contributed by atoms with Crippen molar-refractivity contribution in [3.8, 4) is 0 Å². The first-order valence-corrected chi connectivity index (χ1v) is 11.8. The standard InChI is InChI=1S/C23H26OS2/c24-23(19-11-7-17(8-12-19)15-25-21-3-1-4-21)20-13-9-18(10-14-20)16-26-22-5-2-6-22/h7-14,21-22H,1-6,15-16H2. The normalized spacial score (nSPS) is 17.5. The van der Waals surface area contributed by atoms with Gasteiger partial charge in [-0.1, -0.05) is 61.4 Å². The summed E-state index contributed by atoms with van der Waals surface area (Å²) in [5, 5.41) is 1.72. The predicted molar refractivity (Wildman–Crippen MR) is 114 cm³/mol. The van der Waals surface area contributed by atoms with Crippen molar-refractivity contribution < 1.29 is 4.79 Å². The molecule has 3 heteroatoms. The van der Waals surface area contributed by atoms with E-state index in [0.717, 1.165) is 33.1 Å². The molecule has 1 nitrogen and oxygen atoms in total. The first kappa shape index (κ1) is 18.2. The number of thioether (sulfide) groups is 2. The molecule has 0 amide bonds. The van der Waals surface area contributed by atoms with E-state index in [9.17, 15) is 4.79 Å². The van der Waals surface area contributed by atoms with Gasteiger partial charge >= 0.3 is 0 Å². The van der Waals surface area contributed by atoms with Crippen LogP contribution in [0.1, 0.15) is 65.6 Å². The van der Waals surface area contributed by atoms with Crippen molar-refractivity contribution in [1.29, 1.82) is 0 Å². The fourth-order valence-corrected chi connectivity index (χ4v) is 5.75. The molecular weight excluding hydrogens is 356 g/mol. The molecule has 0 aromatic heterocycles. The Morgan fingerprint density at radius 3 is 1.38 bits per heavy atom. The van der Waals surface area contributed by atoms with Crippen molar-refractivity contribution in [2.24, 2.45) is 0 Å². The number of hydrogen-bond acceptors (Lipinski definition) is 3. The molecule has 0 bridgehead atoms. The topological polar surface area (TPSA) is 17.1 Å². The molecule has 0 radical (unpaired) electrons. The van der Waals surface area contributed by atoms with Crippen LogP contribution >= 0.6 is 23.5 Å². The Labute approximate surface area is 165 Å². The average molecular weight is 383 g/mol. The van der Waals surface area contributed by atoms with E-state index in [1.807, 2.05) is 24.3 Å². The van der Waals surface area contributed by atoms with E-state index in [1.54, 1.807) is 0 Å². The van der Waals surface area contributed by atoms with Crippen molar-refractivity contribution in [3.05, 3.63) is 70.8 Å². The number of rotatable bonds is 8. The number of carbonyl (C=O) groups excluding carboxylic acids is 1. The first-order chi connectivity index (χ1) is 12.8. The fraction of sp³-hybridized carbons (Fsp3) is 0.435. The van der Waals surface area contributed by atoms with Gasteiger partial charge in [-0.2, -0.15) is 23.5 Å². The van der Waals surface area contributed by atoms with Crippen LogP contribution in [0.5, 0.6) is 0 Å². The third-order valence-corrected chi connectivity index (χ3v) is 8.39. The first-order valence-electron chi connectivity index (χ1n) is 9.74. The highest BCUT2D eigenvalue weighted by Gasteiger charge is 2.18. The molecule has 2 aromatic rings. The SMILES string of the molecule is O=C(c1ccc(CSC2CCC2)cc1)c1ccc(CSC2CCC2)cc1. The van der Waals surface area contributed by atoms with Crippen LogP contribution in [0.2, 0.25) is 0 Å². The lowest BCUT2D eigenvalue weighted by Gasteiger charge is -2.24. The predicted octanol–water partition coefficient (Wildman–Crippen LogP) is 6.49. The van der Waals surface area contributed by atoms with Crippen LogP contribution in [0.25, 0.3) is 0 Å². The van der Waals surface area contributed by atoms with Crippen LogP contribution in [0, 0.1) is 0 Å². The summed E-state index contributed by atoms with van der Waals surface area (Å²) < 4.78 is 0. The van der Waals surface area contributed by atoms with Crippen LogP contribution < -0.4 is 0 Å². The summed E-state index contributed by atoms with van der Waals surface area (Å²) >= 11 is 4.11. The molecule has 0 spiro atoms. The largest absolute Gasteiger partial charge is 0.289 e. The van der Waals surface area contributed by atoms with E-state index in [0.29, 0.717) is 0 Å². The molecule has 26 heavy (non-hydrogen) atoms. The zero-order chi connectivity index (χ0) is 17.8. The maximum absolute atomic E-state index is 12.7. The lowest BCUT2D eigenvalue weighted by molar-refractivity contribution is 0.103. The Morgan fingerprint density at radius 2 is 1.08 bits per heavy atom. The van der Waals surface area contributed by atoms with E-state index in [2.05, 4.69) is 47.8 Å². The van der Waals surface area contributed by atoms with Gasteiger partial charge < -0.3 is 0 Å². The number of ketones is 1. The quantitative estimate of drug-likeness (QED) is 0.486. The van der Waals surface area contributed by atoms with Gasteiger partial charge in [0.15, 0.2) is 5.78 Å². The maximum atomic E-state index is 12.7. The Kier molecular flexibility index (Phi) is 6.06. The fourth-order valence-electron chi connectivity index (χ4n) is 3.17. The second kappa shape index (κ2) is 8.67. The molecular formula is C23H26OS2. The molecule has 2 aliphatic carbocycles. The van der Waals surface area contributed by atoms with Gasteiger partial charge in [-0.15, -0.1) is 0 Å². The van der Waals surface area contributed by atoms with Gasteiger partial charge in [0.1, 0.15) is 0 Å². The Hall–Kier alpha value is -1.19. The summed E-state index contributed by atoms with van der Waals surface area (Å²) in [5.74, 6) is 2.25. The van der Waals surface area contributed by atoms with Gasteiger partial charge in [0.25, 0.3) is 0 Å². The second-order valence-electron chi connectivity index (χ2n) is 7.45. The van der Waals surface area contributed by atoms with Crippen LogP contribution in [0.15, 0.2) is 48.5 Å². The minimum absolute atomic E-state index is 0.126. The number of benzene rings is 2. The summed E-state index contributed by atoms with van der Waals surface area (Å²) in [7, 11) is 0. The minimum Gasteiger partial charge on any atom is -0.289 e. The Morgan fingerprint density at radius 1 is 0.692 bits per heavy atom. The molecule has 0 N–H and O–H groups in total. The highest BCUT2D eigenvalue weighted by Crippen LogP contribution is 2.34. The zero-order valence-electron chi connectivity index (χ0n) is 15.2. The molecule has 2 aromatic carbocycles. The number of hydrogen-bond donors (Lipinski definition) is 0. The van der Waals surface area contributed by atoms with E-state index >= 15 is 0 Å². The summed E-state index contributed by atoms with van der Waals surface area (Å²) in [5.41, 5.74) is 4.22. The lowest BCUT2D eigenvalue weighted by Crippen LogP contribution is -2.13. The highest BCUT2D eigenvalue weighted by molar-refractivity contribution is 7.99. The van der Waals surface area contributed by atoms with E-state index in [1.165, 1.54) is 49.7 Å². The summed E-state index contributed by atoms with van der Waals surface area (Å²) in [6, 6.07) is 16.4. The molecule has 2 fully saturated rings. The van der Waals surface area contributed by atoms with Crippen molar-refractivity contribution in [3.63, 3.8) is 0 Å². The minimum atomic E-state index is 0.126. The molecule has 4 rings (SSSR count). The van der Waals surface area contributed by atoms with E-state index in [4.69, 9.17) is 0 Å². The van der Waals surface area contributed by atoms with Crippen molar-refractivity contribution in [1.82, 2.24) is 0 Å². The summed E-state index contributed by atoms with van der Waals surface area (Å²) in [6.45, 7) is 0. The van der Waals surface area contributed by atoms with Crippen LogP contribution in [0.4, 0.5) is 0 Å². The van der Waals surface area contributed by atoms with E-state index < -0.39 is 0 Å². The monoisotopic (exact) mass is 382 g/mol. The Balaban J connectivity index is 1.32. The average Bonchev–Trinajstić information content (AvgIpc) is 2.60. The summed E-state index contributed by atoms with van der Waals surface area (Å²) in [6.07, 6.45) is 8.27. The van der Waals surface area contributed by atoms with Crippen molar-refractivity contribution in [2.75, 3.05) is 0 Å². The number of carbonyl (C=O) groups is 1. The Bertz CT molecular complexity index is 664. The van der Waals surface area contributed by atoms with Gasteiger partial charge in [0, 0.05) is 33.1 Å². The molecule has 136 valence electrons. The molecule has 2 saturated carbocycles. The molecule has 2 aliphatic rings. The summed E-state index contributed by atoms with van der Waals surface area (Å²) in [4.78, 5) is 12.7. The van der Waals surface area contributed by atoms with Crippen molar-refractivity contribution >= 4 is 29.3 Å². The smallest absolute Gasteiger partial charge is 0.193 e. The molecule has 0 heterocycles. The third kappa shape index (κ3) is 4.55. The van der Waals surface area contributed by atoms with E-state index in [-0.39, 0.29) is 5.78 Å². The zero-order valence-corrected chi connectivity index (χ0v) is 16.8. The molecule has 0 saturated heterocycles. The van der Waals surface area contributed by atoms with Crippen LogP contribution in [0.3, 0.4) is 0 Å². The lowest BCUT2D eigenvalue weighted by atomic mass is 10.00. The van der Waals surface area contributed by atoms with Crippen LogP contribution in [-0.2, 0) is 11.5 Å². The van der Waals surface area contributed by atoms with Gasteiger partial charge in [0.05, 0.1) is 0 Å². The third-order valence-electron chi connectivity index (χ3n) is 5.51. The van der Waals surface area contributed by atoms with Gasteiger partial charge in [-0.05, 0) is 36.8 Å². The molecule has 0 unspecified atom stereocenters. The van der Waals surface area contributed by atoms with Gasteiger partial charge in [-0.25, -0.2) is 0 Å². The van der Waals surface area contributed by atoms with Crippen LogP contribution in [-0.4, -0.2) is 16.3 Å². The van der Waals surface area contributed by atoms with Gasteiger partial charge in [0.2, 0.25) is 0 Å². The maximum Gasteiger partial charge on any atom is 0.193 e. The molecule has 0 atom stereocenters. The van der Waals surface area contributed by atoms with Crippen molar-refractivity contribution in [2.45, 2.75) is 60.5 Å². The highest BCUT2D eigenvalue weighted by atomic mass is 32.2. The van der Waals surface area contributed by atoms with Gasteiger partial charge in [-0.3, -0.25) is 4.79 Å². The molecule has 0 aliphatic heterocycles.